The molecule has 0 radical (unpaired) electrons. The summed E-state index contributed by atoms with van der Waals surface area (Å²) in [7, 11) is 5.55. The minimum Gasteiger partial charge on any atom is -0.497 e. The summed E-state index contributed by atoms with van der Waals surface area (Å²) in [6, 6.07) is 7.92. The predicted molar refractivity (Wildman–Crippen MR) is 105 cm³/mol. The van der Waals surface area contributed by atoms with Crippen molar-refractivity contribution in [1.29, 1.82) is 0 Å². The quantitative estimate of drug-likeness (QED) is 0.715. The Kier molecular flexibility index (Phi) is 5.68. The van der Waals surface area contributed by atoms with Gasteiger partial charge < -0.3 is 19.3 Å². The third-order valence-electron chi connectivity index (χ3n) is 4.14. The second-order valence-electron chi connectivity index (χ2n) is 6.35. The van der Waals surface area contributed by atoms with E-state index in [1.807, 2.05) is 61.3 Å². The molecule has 0 bridgehead atoms. The number of hydrogen-bond donors (Lipinski definition) is 0. The van der Waals surface area contributed by atoms with Gasteiger partial charge in [0.05, 0.1) is 24.9 Å². The van der Waals surface area contributed by atoms with E-state index < -0.39 is 0 Å². The number of ether oxygens (including phenoxy) is 2. The molecule has 2 aliphatic heterocycles. The molecule has 1 aromatic carbocycles. The van der Waals surface area contributed by atoms with Gasteiger partial charge in [0.15, 0.2) is 5.17 Å². The van der Waals surface area contributed by atoms with Gasteiger partial charge >= 0.3 is 5.97 Å². The summed E-state index contributed by atoms with van der Waals surface area (Å²) in [6.45, 7) is 3.42. The van der Waals surface area contributed by atoms with Gasteiger partial charge in [-0.05, 0) is 50.5 Å². The van der Waals surface area contributed by atoms with Crippen molar-refractivity contribution in [3.8, 4) is 5.75 Å². The van der Waals surface area contributed by atoms with Crippen molar-refractivity contribution in [3.63, 3.8) is 0 Å². The van der Waals surface area contributed by atoms with Crippen LogP contribution >= 0.6 is 11.8 Å². The molecular formula is C19H23N3O3S. The molecule has 0 aliphatic carbocycles. The van der Waals surface area contributed by atoms with E-state index in [1.165, 1.54) is 0 Å². The van der Waals surface area contributed by atoms with Gasteiger partial charge in [0.1, 0.15) is 12.4 Å². The Labute approximate surface area is 158 Å². The molecule has 0 fully saturated rings. The van der Waals surface area contributed by atoms with E-state index in [0.29, 0.717) is 25.3 Å². The van der Waals surface area contributed by atoms with Crippen molar-refractivity contribution in [1.82, 2.24) is 9.80 Å². The van der Waals surface area contributed by atoms with Crippen LogP contribution in [0.25, 0.3) is 4.91 Å². The van der Waals surface area contributed by atoms with E-state index in [0.717, 1.165) is 27.1 Å². The molecule has 2 heterocycles. The first-order valence-corrected chi connectivity index (χ1v) is 9.20. The monoisotopic (exact) mass is 373 g/mol. The lowest BCUT2D eigenvalue weighted by atomic mass is 10.2. The lowest BCUT2D eigenvalue weighted by molar-refractivity contribution is -0.139. The Morgan fingerprint density at radius 2 is 2.04 bits per heavy atom. The van der Waals surface area contributed by atoms with Crippen molar-refractivity contribution in [3.05, 3.63) is 47.3 Å². The number of thioether (sulfide) groups is 1. The number of benzene rings is 1. The molecule has 0 aromatic heterocycles. The lowest BCUT2D eigenvalue weighted by Gasteiger charge is -2.23. The highest BCUT2D eigenvalue weighted by molar-refractivity contribution is 8.22. The summed E-state index contributed by atoms with van der Waals surface area (Å²) in [5, 5.41) is 0.887. The highest BCUT2D eigenvalue weighted by Crippen LogP contribution is 2.39. The van der Waals surface area contributed by atoms with Gasteiger partial charge in [0.2, 0.25) is 0 Å². The summed E-state index contributed by atoms with van der Waals surface area (Å²) in [4.78, 5) is 22.0. The third kappa shape index (κ3) is 4.11. The first-order valence-electron chi connectivity index (χ1n) is 8.39. The molecule has 26 heavy (non-hydrogen) atoms. The van der Waals surface area contributed by atoms with Crippen LogP contribution in [0.3, 0.4) is 0 Å². The lowest BCUT2D eigenvalue weighted by Crippen LogP contribution is -2.31. The largest absolute Gasteiger partial charge is 0.497 e. The number of esters is 1. The summed E-state index contributed by atoms with van der Waals surface area (Å²) in [5.41, 5.74) is 2.43. The molecule has 6 nitrogen and oxygen atoms in total. The topological polar surface area (TPSA) is 54.4 Å². The fraction of sp³-hybridized carbons (Fsp3) is 0.368. The molecule has 0 saturated carbocycles. The summed E-state index contributed by atoms with van der Waals surface area (Å²) in [6.07, 6.45) is 2.03. The third-order valence-corrected chi connectivity index (χ3v) is 5.21. The molecule has 1 aromatic rings. The molecule has 0 unspecified atom stereocenters. The number of allylic oxidation sites excluding steroid dienone is 1. The fourth-order valence-corrected chi connectivity index (χ4v) is 3.63. The number of carbonyl (C=O) groups excluding carboxylic acids is 1. The van der Waals surface area contributed by atoms with E-state index >= 15 is 0 Å². The van der Waals surface area contributed by atoms with Crippen LogP contribution in [0.15, 0.2) is 46.7 Å². The second kappa shape index (κ2) is 7.97. The van der Waals surface area contributed by atoms with Gasteiger partial charge in [-0.1, -0.05) is 12.1 Å². The second-order valence-corrected chi connectivity index (χ2v) is 7.36. The highest BCUT2D eigenvalue weighted by atomic mass is 32.2. The zero-order valence-corrected chi connectivity index (χ0v) is 16.3. The zero-order valence-electron chi connectivity index (χ0n) is 15.5. The smallest absolute Gasteiger partial charge is 0.337 e. The van der Waals surface area contributed by atoms with Crippen LogP contribution in [-0.4, -0.2) is 61.8 Å². The van der Waals surface area contributed by atoms with Crippen LogP contribution in [0, 0.1) is 0 Å². The molecule has 0 spiro atoms. The molecule has 138 valence electrons. The number of aliphatic imine (C=N–C) groups is 1. The first kappa shape index (κ1) is 18.5. The highest BCUT2D eigenvalue weighted by Gasteiger charge is 2.30. The number of rotatable bonds is 6. The maximum Gasteiger partial charge on any atom is 0.337 e. The number of methoxy groups -OCH3 is 1. The average molecular weight is 373 g/mol. The van der Waals surface area contributed by atoms with Gasteiger partial charge in [-0.15, -0.1) is 0 Å². The van der Waals surface area contributed by atoms with Crippen molar-refractivity contribution in [2.45, 2.75) is 6.92 Å². The Bertz CT molecular complexity index is 782. The Hall–Kier alpha value is -2.25. The number of nitrogens with zero attached hydrogens (tertiary/aromatic N) is 3. The minimum absolute atomic E-state index is 0.288. The fourth-order valence-electron chi connectivity index (χ4n) is 2.59. The first-order chi connectivity index (χ1) is 12.5. The number of hydrogen-bond acceptors (Lipinski definition) is 7. The molecule has 0 atom stereocenters. The van der Waals surface area contributed by atoms with Gasteiger partial charge in [0, 0.05) is 17.6 Å². The van der Waals surface area contributed by atoms with Crippen molar-refractivity contribution in [2.75, 3.05) is 40.9 Å². The van der Waals surface area contributed by atoms with E-state index in [9.17, 15) is 4.79 Å². The van der Waals surface area contributed by atoms with E-state index in [2.05, 4.69) is 4.99 Å². The van der Waals surface area contributed by atoms with Gasteiger partial charge in [-0.3, -0.25) is 0 Å². The van der Waals surface area contributed by atoms with Crippen LogP contribution in [0.2, 0.25) is 0 Å². The van der Waals surface area contributed by atoms with Gasteiger partial charge in [0.25, 0.3) is 0 Å². The number of fused-ring (bicyclic) bond motifs is 1. The summed E-state index contributed by atoms with van der Waals surface area (Å²) in [5.74, 6) is 0.538. The number of carbonyl (C=O) groups is 1. The standard InChI is InChI=1S/C19H23N3O3S/c1-13-16(18(23)25-10-9-21(2)3)11-22-12-17(26-19(22)20-13)14-5-7-15(24-4)8-6-14/h5-8,12H,9-11H2,1-4H3. The van der Waals surface area contributed by atoms with Crippen LogP contribution in [0.1, 0.15) is 12.5 Å². The molecule has 0 saturated heterocycles. The van der Waals surface area contributed by atoms with Crippen LogP contribution in [0.5, 0.6) is 5.75 Å². The molecule has 2 aliphatic rings. The average Bonchev–Trinajstić information content (AvgIpc) is 3.03. The minimum atomic E-state index is -0.288. The van der Waals surface area contributed by atoms with E-state index in [4.69, 9.17) is 9.47 Å². The van der Waals surface area contributed by atoms with Gasteiger partial charge in [-0.2, -0.15) is 0 Å². The van der Waals surface area contributed by atoms with Crippen molar-refractivity contribution >= 4 is 27.8 Å². The van der Waals surface area contributed by atoms with Crippen LogP contribution < -0.4 is 4.74 Å². The van der Waals surface area contributed by atoms with Crippen molar-refractivity contribution in [2.24, 2.45) is 4.99 Å². The predicted octanol–water partition coefficient (Wildman–Crippen LogP) is 2.79. The Balaban J connectivity index is 1.69. The van der Waals surface area contributed by atoms with E-state index in [-0.39, 0.29) is 5.97 Å². The SMILES string of the molecule is COc1ccc(C2=CN3CC(C(=O)OCCN(C)C)=C(C)N=C3S2)cc1. The maximum absolute atomic E-state index is 12.4. The van der Waals surface area contributed by atoms with Crippen LogP contribution in [-0.2, 0) is 9.53 Å². The molecule has 7 heteroatoms. The van der Waals surface area contributed by atoms with Gasteiger partial charge in [-0.25, -0.2) is 9.79 Å². The molecular weight excluding hydrogens is 350 g/mol. The summed E-state index contributed by atoms with van der Waals surface area (Å²) < 4.78 is 10.6. The molecule has 3 rings (SSSR count). The Morgan fingerprint density at radius 1 is 1.31 bits per heavy atom. The van der Waals surface area contributed by atoms with Crippen LogP contribution in [0.4, 0.5) is 0 Å². The maximum atomic E-state index is 12.4. The number of amidine groups is 1. The number of likely N-dealkylation sites (N-methyl/N-ethyl adjacent to an activating group) is 1. The molecule has 0 amide bonds. The normalized spacial score (nSPS) is 16.4. The zero-order chi connectivity index (χ0) is 18.7. The Morgan fingerprint density at radius 3 is 2.69 bits per heavy atom. The van der Waals surface area contributed by atoms with Crippen molar-refractivity contribution < 1.29 is 14.3 Å². The van der Waals surface area contributed by atoms with E-state index in [1.54, 1.807) is 18.9 Å². The molecule has 0 N–H and O–H groups in total. The summed E-state index contributed by atoms with van der Waals surface area (Å²) >= 11 is 1.60.